The predicted octanol–water partition coefficient (Wildman–Crippen LogP) is 2.59. The van der Waals surface area contributed by atoms with E-state index in [0.29, 0.717) is 18.1 Å². The summed E-state index contributed by atoms with van der Waals surface area (Å²) in [6, 6.07) is 6.05. The summed E-state index contributed by atoms with van der Waals surface area (Å²) in [6.07, 6.45) is -4.68. The molecule has 8 heteroatoms. The number of aliphatic imine (C=N–C) groups is 1. The van der Waals surface area contributed by atoms with Gasteiger partial charge in [0.1, 0.15) is 5.75 Å². The van der Waals surface area contributed by atoms with E-state index in [-0.39, 0.29) is 36.3 Å². The molecule has 0 aromatic heterocycles. The zero-order chi connectivity index (χ0) is 13.9. The predicted molar refractivity (Wildman–Crippen MR) is 80.3 cm³/mol. The molecule has 1 N–H and O–H groups in total. The number of nitrogens with one attached hydrogen (secondary N) is 1. The van der Waals surface area contributed by atoms with Crippen molar-refractivity contribution in [3.8, 4) is 5.75 Å². The number of halogens is 4. The number of ether oxygens (including phenoxy) is 1. The first-order valence-corrected chi connectivity index (χ1v) is 5.79. The lowest BCUT2D eigenvalue weighted by Crippen LogP contribution is -2.35. The fourth-order valence-electron chi connectivity index (χ4n) is 1.77. The number of hydrogen-bond donors (Lipinski definition) is 1. The van der Waals surface area contributed by atoms with Crippen LogP contribution in [0.4, 0.5) is 13.2 Å². The molecule has 0 amide bonds. The molecular weight excluding hydrogens is 386 g/mol. The molecule has 1 aromatic rings. The largest absolute Gasteiger partial charge is 0.573 e. The van der Waals surface area contributed by atoms with Gasteiger partial charge in [-0.15, -0.1) is 37.1 Å². The van der Waals surface area contributed by atoms with Gasteiger partial charge in [-0.3, -0.25) is 4.99 Å². The van der Waals surface area contributed by atoms with E-state index in [1.54, 1.807) is 12.1 Å². The average molecular weight is 401 g/mol. The van der Waals surface area contributed by atoms with E-state index in [0.717, 1.165) is 6.54 Å². The number of likely N-dealkylation sites (N-methyl/N-ethyl adjacent to an activating group) is 1. The van der Waals surface area contributed by atoms with Crippen molar-refractivity contribution in [2.45, 2.75) is 12.9 Å². The Labute approximate surface area is 132 Å². The molecule has 0 fully saturated rings. The van der Waals surface area contributed by atoms with E-state index in [9.17, 15) is 13.2 Å². The van der Waals surface area contributed by atoms with E-state index < -0.39 is 6.36 Å². The van der Waals surface area contributed by atoms with Crippen LogP contribution < -0.4 is 10.1 Å². The highest BCUT2D eigenvalue weighted by Crippen LogP contribution is 2.26. The monoisotopic (exact) mass is 401 g/mol. The molecule has 0 bridgehead atoms. The fourth-order valence-corrected chi connectivity index (χ4v) is 1.77. The van der Waals surface area contributed by atoms with Crippen LogP contribution in [0, 0.1) is 0 Å². The first kappa shape index (κ1) is 16.9. The topological polar surface area (TPSA) is 36.9 Å². The SMILES string of the molecule is CN1CCN=C1NCc1ccccc1OC(F)(F)F.I. The summed E-state index contributed by atoms with van der Waals surface area (Å²) in [5.74, 6) is 0.491. The van der Waals surface area contributed by atoms with Gasteiger partial charge in [-0.25, -0.2) is 0 Å². The van der Waals surface area contributed by atoms with Crippen LogP contribution in [0.15, 0.2) is 29.3 Å². The third kappa shape index (κ3) is 4.73. The number of alkyl halides is 3. The number of benzene rings is 1. The number of para-hydroxylation sites is 1. The number of guanidine groups is 1. The first-order valence-electron chi connectivity index (χ1n) is 5.79. The molecule has 0 atom stereocenters. The van der Waals surface area contributed by atoms with Crippen molar-refractivity contribution in [3.63, 3.8) is 0 Å². The maximum Gasteiger partial charge on any atom is 0.573 e. The van der Waals surface area contributed by atoms with E-state index >= 15 is 0 Å². The average Bonchev–Trinajstić information content (AvgIpc) is 2.72. The van der Waals surface area contributed by atoms with Gasteiger partial charge in [-0.05, 0) is 6.07 Å². The summed E-state index contributed by atoms with van der Waals surface area (Å²) < 4.78 is 40.7. The fraction of sp³-hybridized carbons (Fsp3) is 0.417. The van der Waals surface area contributed by atoms with Crippen molar-refractivity contribution in [2.24, 2.45) is 4.99 Å². The molecule has 2 rings (SSSR count). The summed E-state index contributed by atoms with van der Waals surface area (Å²) in [4.78, 5) is 6.11. The molecule has 0 spiro atoms. The Kier molecular flexibility index (Phi) is 5.90. The molecule has 0 aliphatic carbocycles. The lowest BCUT2D eigenvalue weighted by atomic mass is 10.2. The molecule has 112 valence electrons. The summed E-state index contributed by atoms with van der Waals surface area (Å²) >= 11 is 0. The minimum Gasteiger partial charge on any atom is -0.405 e. The summed E-state index contributed by atoms with van der Waals surface area (Å²) in [5, 5.41) is 3.00. The lowest BCUT2D eigenvalue weighted by Gasteiger charge is -2.17. The highest BCUT2D eigenvalue weighted by molar-refractivity contribution is 14.0. The molecule has 0 saturated heterocycles. The maximum atomic E-state index is 12.3. The van der Waals surface area contributed by atoms with E-state index in [4.69, 9.17) is 0 Å². The second kappa shape index (κ2) is 7.00. The van der Waals surface area contributed by atoms with Crippen LogP contribution in [0.3, 0.4) is 0 Å². The van der Waals surface area contributed by atoms with Crippen LogP contribution >= 0.6 is 24.0 Å². The third-order valence-electron chi connectivity index (χ3n) is 2.69. The van der Waals surface area contributed by atoms with Gasteiger partial charge in [-0.2, -0.15) is 0 Å². The normalized spacial score (nSPS) is 14.6. The first-order chi connectivity index (χ1) is 8.96. The van der Waals surface area contributed by atoms with Crippen LogP contribution in [0.5, 0.6) is 5.75 Å². The summed E-state index contributed by atoms with van der Waals surface area (Å²) in [5.41, 5.74) is 0.433. The Hall–Kier alpha value is -1.19. The Morgan fingerprint density at radius 3 is 2.65 bits per heavy atom. The molecule has 4 nitrogen and oxygen atoms in total. The van der Waals surface area contributed by atoms with Crippen LogP contribution in [0.2, 0.25) is 0 Å². The van der Waals surface area contributed by atoms with Gasteiger partial charge >= 0.3 is 6.36 Å². The standard InChI is InChI=1S/C12H14F3N3O.HI/c1-18-7-6-16-11(18)17-8-9-4-2-3-5-10(9)19-12(13,14)15;/h2-5H,6-8H2,1H3,(H,16,17);1H. The zero-order valence-electron chi connectivity index (χ0n) is 10.8. The Balaban J connectivity index is 0.00000200. The van der Waals surface area contributed by atoms with Crippen LogP contribution in [0.25, 0.3) is 0 Å². The Morgan fingerprint density at radius 1 is 1.35 bits per heavy atom. The quantitative estimate of drug-likeness (QED) is 0.792. The van der Waals surface area contributed by atoms with Crippen LogP contribution in [-0.2, 0) is 6.54 Å². The summed E-state index contributed by atoms with van der Waals surface area (Å²) in [6.45, 7) is 1.73. The highest BCUT2D eigenvalue weighted by Gasteiger charge is 2.32. The Morgan fingerprint density at radius 2 is 2.05 bits per heavy atom. The third-order valence-corrected chi connectivity index (χ3v) is 2.69. The van der Waals surface area contributed by atoms with Gasteiger partial charge in [0.05, 0.1) is 6.54 Å². The molecule has 20 heavy (non-hydrogen) atoms. The van der Waals surface area contributed by atoms with Gasteiger partial charge in [0.2, 0.25) is 0 Å². The van der Waals surface area contributed by atoms with Gasteiger partial charge in [0.15, 0.2) is 5.96 Å². The molecule has 1 aliphatic rings. The van der Waals surface area contributed by atoms with Crippen molar-refractivity contribution in [1.82, 2.24) is 10.2 Å². The molecule has 1 aromatic carbocycles. The van der Waals surface area contributed by atoms with Crippen molar-refractivity contribution in [3.05, 3.63) is 29.8 Å². The van der Waals surface area contributed by atoms with Gasteiger partial charge < -0.3 is 15.0 Å². The van der Waals surface area contributed by atoms with Gasteiger partial charge in [0.25, 0.3) is 0 Å². The molecule has 0 radical (unpaired) electrons. The van der Waals surface area contributed by atoms with E-state index in [2.05, 4.69) is 15.0 Å². The second-order valence-electron chi connectivity index (χ2n) is 4.14. The van der Waals surface area contributed by atoms with Crippen molar-refractivity contribution in [1.29, 1.82) is 0 Å². The minimum atomic E-state index is -4.68. The van der Waals surface area contributed by atoms with Crippen LogP contribution in [-0.4, -0.2) is 37.4 Å². The molecule has 0 unspecified atom stereocenters. The van der Waals surface area contributed by atoms with Crippen molar-refractivity contribution >= 4 is 29.9 Å². The number of rotatable bonds is 3. The highest BCUT2D eigenvalue weighted by atomic mass is 127. The molecular formula is C12H15F3IN3O. The smallest absolute Gasteiger partial charge is 0.405 e. The Bertz CT molecular complexity index is 479. The number of nitrogens with zero attached hydrogens (tertiary/aromatic N) is 2. The molecule has 0 saturated carbocycles. The maximum absolute atomic E-state index is 12.3. The van der Waals surface area contributed by atoms with Crippen molar-refractivity contribution in [2.75, 3.05) is 20.1 Å². The minimum absolute atomic E-state index is 0. The second-order valence-corrected chi connectivity index (χ2v) is 4.14. The van der Waals surface area contributed by atoms with Crippen molar-refractivity contribution < 1.29 is 17.9 Å². The van der Waals surface area contributed by atoms with E-state index in [1.807, 2.05) is 11.9 Å². The van der Waals surface area contributed by atoms with Gasteiger partial charge in [-0.1, -0.05) is 18.2 Å². The van der Waals surface area contributed by atoms with Gasteiger partial charge in [0, 0.05) is 25.7 Å². The van der Waals surface area contributed by atoms with Crippen LogP contribution in [0.1, 0.15) is 5.56 Å². The molecule has 1 heterocycles. The molecule has 1 aliphatic heterocycles. The number of hydrogen-bond acceptors (Lipinski definition) is 4. The van der Waals surface area contributed by atoms with E-state index in [1.165, 1.54) is 12.1 Å². The lowest BCUT2D eigenvalue weighted by molar-refractivity contribution is -0.274. The zero-order valence-corrected chi connectivity index (χ0v) is 13.1. The summed E-state index contributed by atoms with van der Waals surface area (Å²) in [7, 11) is 1.87.